The van der Waals surface area contributed by atoms with E-state index in [1.54, 1.807) is 12.1 Å². The number of ether oxygens (including phenoxy) is 6. The van der Waals surface area contributed by atoms with E-state index in [2.05, 4.69) is 39.1 Å². The second-order valence-electron chi connectivity index (χ2n) is 6.73. The average Bonchev–Trinajstić information content (AvgIpc) is 2.95. The Morgan fingerprint density at radius 2 is 0.974 bits per heavy atom. The molecular weight excluding hydrogens is 532 g/mol. The van der Waals surface area contributed by atoms with Crippen molar-refractivity contribution in [2.45, 2.75) is 6.42 Å². The van der Waals surface area contributed by atoms with E-state index in [1.165, 1.54) is 52.7 Å². The summed E-state index contributed by atoms with van der Waals surface area (Å²) in [5.41, 5.74) is -0.117. The molecule has 0 N–H and O–H groups in total. The first-order valence-electron chi connectivity index (χ1n) is 10.7. The molecular formula is C23H24O16. The van der Waals surface area contributed by atoms with Gasteiger partial charge < -0.3 is 28.4 Å². The van der Waals surface area contributed by atoms with Crippen LogP contribution in [0, 0.1) is 0 Å². The van der Waals surface area contributed by atoms with Crippen molar-refractivity contribution >= 4 is 24.2 Å². The lowest BCUT2D eigenvalue weighted by molar-refractivity contribution is -0.452. The maximum atomic E-state index is 12.1. The summed E-state index contributed by atoms with van der Waals surface area (Å²) in [5, 5.41) is 8.21. The lowest BCUT2D eigenvalue weighted by Gasteiger charge is -2.09. The van der Waals surface area contributed by atoms with Gasteiger partial charge in [-0.3, -0.25) is 9.78 Å². The van der Waals surface area contributed by atoms with E-state index in [0.717, 1.165) is 0 Å². The summed E-state index contributed by atoms with van der Waals surface area (Å²) in [6, 6.07) is 8.66. The Bertz CT molecular complexity index is 1040. The normalized spacial score (nSPS) is 9.95. The number of benzene rings is 2. The van der Waals surface area contributed by atoms with Crippen molar-refractivity contribution in [3.63, 3.8) is 0 Å². The van der Waals surface area contributed by atoms with Gasteiger partial charge in [0.1, 0.15) is 34.1 Å². The van der Waals surface area contributed by atoms with Crippen molar-refractivity contribution in [2.75, 3.05) is 41.7 Å². The highest BCUT2D eigenvalue weighted by Crippen LogP contribution is 2.25. The van der Waals surface area contributed by atoms with Crippen LogP contribution in [0.4, 0.5) is 9.59 Å². The van der Waals surface area contributed by atoms with Crippen LogP contribution in [-0.4, -0.2) is 65.9 Å². The smallest absolute Gasteiger partial charge is 0.497 e. The summed E-state index contributed by atoms with van der Waals surface area (Å²) in [4.78, 5) is 64.0. The topological polar surface area (TPSA) is 179 Å². The number of hydrogen-bond donors (Lipinski definition) is 0. The summed E-state index contributed by atoms with van der Waals surface area (Å²) in [6.45, 7) is -0.586. The molecule has 0 unspecified atom stereocenters. The SMILES string of the molecule is COc1ccc(OC)c(C(=O)OOOC(=O)OCCCOC(=O)OOOC(=O)c2cc(OC)ccc2OC)c1. The molecule has 0 radical (unpaired) electrons. The Balaban J connectivity index is 1.59. The van der Waals surface area contributed by atoms with Gasteiger partial charge in [-0.15, -0.1) is 0 Å². The standard InChI is InChI=1S/C23H24O16/c1-28-14-6-8-18(30-3)16(12-14)20(24)34-38-36-22(26)32-10-5-11-33-23(27)37-39-35-21(25)17-13-15(29-2)7-9-19(17)31-4/h6-9,12-13H,5,10-11H2,1-4H3. The van der Waals surface area contributed by atoms with Gasteiger partial charge in [-0.05, 0) is 36.4 Å². The van der Waals surface area contributed by atoms with Gasteiger partial charge in [-0.2, -0.15) is 0 Å². The fraction of sp³-hybridized carbons (Fsp3) is 0.304. The van der Waals surface area contributed by atoms with Gasteiger partial charge in [0.25, 0.3) is 0 Å². The summed E-state index contributed by atoms with van der Waals surface area (Å²) in [5.74, 6) is -1.08. The highest BCUT2D eigenvalue weighted by molar-refractivity contribution is 5.93. The molecule has 2 rings (SSSR count). The van der Waals surface area contributed by atoms with Crippen LogP contribution in [0.25, 0.3) is 0 Å². The summed E-state index contributed by atoms with van der Waals surface area (Å²) >= 11 is 0. The minimum atomic E-state index is -1.36. The molecule has 0 aliphatic carbocycles. The molecule has 39 heavy (non-hydrogen) atoms. The third-order valence-corrected chi connectivity index (χ3v) is 4.41. The number of methoxy groups -OCH3 is 4. The zero-order chi connectivity index (χ0) is 28.6. The van der Waals surface area contributed by atoms with Crippen molar-refractivity contribution in [1.82, 2.24) is 0 Å². The fourth-order valence-electron chi connectivity index (χ4n) is 2.61. The Kier molecular flexibility index (Phi) is 12.4. The molecule has 0 aliphatic rings. The molecule has 2 aromatic carbocycles. The molecule has 0 fully saturated rings. The predicted molar refractivity (Wildman–Crippen MR) is 122 cm³/mol. The van der Waals surface area contributed by atoms with Crippen LogP contribution in [0.2, 0.25) is 0 Å². The number of carbonyl (C=O) groups is 4. The number of rotatable bonds is 14. The molecule has 0 amide bonds. The minimum absolute atomic E-state index is 0.00814. The quantitative estimate of drug-likeness (QED) is 0.143. The summed E-state index contributed by atoms with van der Waals surface area (Å²) < 4.78 is 29.3. The van der Waals surface area contributed by atoms with Gasteiger partial charge in [0, 0.05) is 6.42 Å². The molecule has 0 saturated heterocycles. The molecule has 0 saturated carbocycles. The number of carbonyl (C=O) groups excluding carboxylic acids is 4. The van der Waals surface area contributed by atoms with Crippen LogP contribution in [0.1, 0.15) is 27.1 Å². The van der Waals surface area contributed by atoms with Gasteiger partial charge in [0.15, 0.2) is 0 Å². The molecule has 16 nitrogen and oxygen atoms in total. The van der Waals surface area contributed by atoms with Crippen LogP contribution < -0.4 is 18.9 Å². The van der Waals surface area contributed by atoms with Crippen molar-refractivity contribution in [1.29, 1.82) is 0 Å². The van der Waals surface area contributed by atoms with Crippen LogP contribution in [0.3, 0.4) is 0 Å². The first kappa shape index (κ1) is 30.3. The molecule has 2 aromatic rings. The third kappa shape index (κ3) is 9.78. The Morgan fingerprint density at radius 1 is 0.564 bits per heavy atom. The van der Waals surface area contributed by atoms with E-state index in [9.17, 15) is 19.2 Å². The Labute approximate surface area is 220 Å². The van der Waals surface area contributed by atoms with E-state index in [1.807, 2.05) is 0 Å². The van der Waals surface area contributed by atoms with Gasteiger partial charge in [0.05, 0.1) is 51.7 Å². The third-order valence-electron chi connectivity index (χ3n) is 4.41. The lowest BCUT2D eigenvalue weighted by atomic mass is 10.2. The molecule has 0 bridgehead atoms. The molecule has 0 aliphatic heterocycles. The molecule has 0 heterocycles. The van der Waals surface area contributed by atoms with Crippen molar-refractivity contribution in [2.24, 2.45) is 0 Å². The zero-order valence-electron chi connectivity index (χ0n) is 21.1. The number of hydrogen-bond acceptors (Lipinski definition) is 16. The molecule has 0 aromatic heterocycles. The van der Waals surface area contributed by atoms with Crippen LogP contribution >= 0.6 is 0 Å². The van der Waals surface area contributed by atoms with Gasteiger partial charge >= 0.3 is 24.2 Å². The summed E-state index contributed by atoms with van der Waals surface area (Å²) in [7, 11) is 5.46. The average molecular weight is 556 g/mol. The van der Waals surface area contributed by atoms with Gasteiger partial charge in [0.2, 0.25) is 0 Å². The fourth-order valence-corrected chi connectivity index (χ4v) is 2.61. The molecule has 0 atom stereocenters. The second kappa shape index (κ2) is 16.0. The zero-order valence-corrected chi connectivity index (χ0v) is 21.1. The van der Waals surface area contributed by atoms with E-state index in [0.29, 0.717) is 11.5 Å². The minimum Gasteiger partial charge on any atom is -0.497 e. The maximum Gasteiger partial charge on any atom is 0.543 e. The van der Waals surface area contributed by atoms with E-state index >= 15 is 0 Å². The molecule has 0 spiro atoms. The molecule has 16 heteroatoms. The van der Waals surface area contributed by atoms with Crippen molar-refractivity contribution in [3.8, 4) is 23.0 Å². The van der Waals surface area contributed by atoms with Gasteiger partial charge in [-0.1, -0.05) is 0 Å². The van der Waals surface area contributed by atoms with E-state index < -0.39 is 24.2 Å². The maximum absolute atomic E-state index is 12.1. The summed E-state index contributed by atoms with van der Waals surface area (Å²) in [6.07, 6.45) is -2.72. The highest BCUT2D eigenvalue weighted by Gasteiger charge is 2.19. The molecule has 212 valence electrons. The van der Waals surface area contributed by atoms with Crippen molar-refractivity contribution < 1.29 is 77.2 Å². The monoisotopic (exact) mass is 556 g/mol. The Hall–Kier alpha value is -4.96. The predicted octanol–water partition coefficient (Wildman–Crippen LogP) is 3.12. The second-order valence-corrected chi connectivity index (χ2v) is 6.73. The van der Waals surface area contributed by atoms with E-state index in [-0.39, 0.29) is 42.3 Å². The Morgan fingerprint density at radius 3 is 1.33 bits per heavy atom. The first-order chi connectivity index (χ1) is 18.8. The largest absolute Gasteiger partial charge is 0.543 e. The van der Waals surface area contributed by atoms with Gasteiger partial charge in [-0.25, -0.2) is 29.0 Å². The lowest BCUT2D eigenvalue weighted by Crippen LogP contribution is -2.15. The van der Waals surface area contributed by atoms with E-state index in [4.69, 9.17) is 18.9 Å². The van der Waals surface area contributed by atoms with Crippen molar-refractivity contribution in [3.05, 3.63) is 47.5 Å². The van der Waals surface area contributed by atoms with Crippen LogP contribution in [-0.2, 0) is 39.1 Å². The van der Waals surface area contributed by atoms with Crippen LogP contribution in [0.5, 0.6) is 23.0 Å². The first-order valence-corrected chi connectivity index (χ1v) is 10.7. The highest BCUT2D eigenvalue weighted by atomic mass is 17.5. The van der Waals surface area contributed by atoms with Crippen LogP contribution in [0.15, 0.2) is 36.4 Å².